The SMILES string of the molecule is CCCCC(F)(F)C(=O)CC[C@@H]1[C@@H](C/C=C\CCCC(=O)O)[C@@H](O)C[C@H]1OCc1ccccc1. The van der Waals surface area contributed by atoms with Crippen LogP contribution in [0.2, 0.25) is 0 Å². The summed E-state index contributed by atoms with van der Waals surface area (Å²) in [4.78, 5) is 22.9. The number of halogens is 2. The molecule has 2 rings (SSSR count). The standard InChI is InChI=1S/C27H38F2O5/c1-2-3-17-27(28,29)25(31)16-15-22-21(13-9-4-5-10-14-26(32)33)23(30)18-24(22)34-19-20-11-7-6-8-12-20/h4,6-9,11-12,21-24,30H,2-3,5,10,13-19H2,1H3,(H,32,33)/b9-4-/t21-,22-,23+,24-/m1/s1. The lowest BCUT2D eigenvalue weighted by atomic mass is 9.85. The van der Waals surface area contributed by atoms with E-state index in [0.717, 1.165) is 5.56 Å². The molecule has 4 atom stereocenters. The van der Waals surface area contributed by atoms with Gasteiger partial charge in [-0.1, -0.05) is 55.8 Å². The minimum Gasteiger partial charge on any atom is -0.481 e. The largest absolute Gasteiger partial charge is 0.481 e. The molecular weight excluding hydrogens is 442 g/mol. The average molecular weight is 481 g/mol. The van der Waals surface area contributed by atoms with Gasteiger partial charge in [0, 0.05) is 25.7 Å². The number of ketones is 1. The highest BCUT2D eigenvalue weighted by atomic mass is 19.3. The first-order valence-corrected chi connectivity index (χ1v) is 12.4. The van der Waals surface area contributed by atoms with Gasteiger partial charge in [-0.05, 0) is 49.5 Å². The highest BCUT2D eigenvalue weighted by molar-refractivity contribution is 5.85. The van der Waals surface area contributed by atoms with Crippen LogP contribution in [0.25, 0.3) is 0 Å². The number of aliphatic carboxylic acids is 1. The van der Waals surface area contributed by atoms with Crippen molar-refractivity contribution in [3.63, 3.8) is 0 Å². The van der Waals surface area contributed by atoms with Crippen LogP contribution in [0.4, 0.5) is 8.78 Å². The number of carbonyl (C=O) groups is 2. The van der Waals surface area contributed by atoms with E-state index in [-0.39, 0.29) is 37.2 Å². The van der Waals surface area contributed by atoms with Crippen molar-refractivity contribution in [1.29, 1.82) is 0 Å². The Kier molecular flexibility index (Phi) is 11.8. The van der Waals surface area contributed by atoms with Crippen molar-refractivity contribution in [2.24, 2.45) is 11.8 Å². The molecule has 0 aromatic heterocycles. The highest BCUT2D eigenvalue weighted by Crippen LogP contribution is 2.41. The lowest BCUT2D eigenvalue weighted by molar-refractivity contribution is -0.144. The van der Waals surface area contributed by atoms with E-state index in [4.69, 9.17) is 9.84 Å². The minimum atomic E-state index is -3.31. The fourth-order valence-electron chi connectivity index (χ4n) is 4.61. The van der Waals surface area contributed by atoms with Crippen LogP contribution >= 0.6 is 0 Å². The molecule has 190 valence electrons. The van der Waals surface area contributed by atoms with Crippen LogP contribution in [0.15, 0.2) is 42.5 Å². The van der Waals surface area contributed by atoms with Crippen molar-refractivity contribution in [3.8, 4) is 0 Å². The summed E-state index contributed by atoms with van der Waals surface area (Å²) in [7, 11) is 0. The number of aliphatic hydroxyl groups excluding tert-OH is 1. The number of Topliss-reactive ketones (excluding diaryl/α,β-unsaturated/α-hetero) is 1. The Morgan fingerprint density at radius 2 is 1.85 bits per heavy atom. The van der Waals surface area contributed by atoms with Crippen LogP contribution in [0, 0.1) is 11.8 Å². The molecule has 0 aliphatic heterocycles. The van der Waals surface area contributed by atoms with Gasteiger partial charge in [0.2, 0.25) is 5.78 Å². The average Bonchev–Trinajstić information content (AvgIpc) is 3.11. The Labute approximate surface area is 201 Å². The Morgan fingerprint density at radius 3 is 2.53 bits per heavy atom. The first kappa shape index (κ1) is 28.1. The minimum absolute atomic E-state index is 0.1000. The van der Waals surface area contributed by atoms with Crippen LogP contribution in [0.5, 0.6) is 0 Å². The van der Waals surface area contributed by atoms with Crippen molar-refractivity contribution in [2.45, 2.75) is 95.9 Å². The summed E-state index contributed by atoms with van der Waals surface area (Å²) in [6.45, 7) is 2.17. The summed E-state index contributed by atoms with van der Waals surface area (Å²) < 4.78 is 34.5. The van der Waals surface area contributed by atoms with Gasteiger partial charge in [0.25, 0.3) is 0 Å². The summed E-state index contributed by atoms with van der Waals surface area (Å²) in [5.41, 5.74) is 0.986. The van der Waals surface area contributed by atoms with Crippen molar-refractivity contribution >= 4 is 11.8 Å². The first-order chi connectivity index (χ1) is 16.2. The van der Waals surface area contributed by atoms with E-state index in [1.807, 2.05) is 49.4 Å². The Hall–Kier alpha value is -2.12. The Bertz CT molecular complexity index is 780. The van der Waals surface area contributed by atoms with E-state index in [1.165, 1.54) is 0 Å². The fourth-order valence-corrected chi connectivity index (χ4v) is 4.61. The van der Waals surface area contributed by atoms with Gasteiger partial charge in [-0.25, -0.2) is 0 Å². The number of rotatable bonds is 16. The smallest absolute Gasteiger partial charge is 0.305 e. The van der Waals surface area contributed by atoms with E-state index in [2.05, 4.69) is 0 Å². The number of allylic oxidation sites excluding steroid dienone is 2. The zero-order valence-corrected chi connectivity index (χ0v) is 20.0. The van der Waals surface area contributed by atoms with E-state index in [0.29, 0.717) is 45.1 Å². The van der Waals surface area contributed by atoms with Gasteiger partial charge >= 0.3 is 11.9 Å². The predicted molar refractivity (Wildman–Crippen MR) is 127 cm³/mol. The van der Waals surface area contributed by atoms with Crippen molar-refractivity contribution < 1.29 is 33.3 Å². The molecular formula is C27H38F2O5. The molecule has 0 radical (unpaired) electrons. The van der Waals surface area contributed by atoms with Gasteiger partial charge in [0.1, 0.15) is 0 Å². The summed E-state index contributed by atoms with van der Waals surface area (Å²) in [5, 5.41) is 19.4. The number of carboxylic acid groups (broad SMARTS) is 1. The molecule has 1 aliphatic carbocycles. The molecule has 0 heterocycles. The van der Waals surface area contributed by atoms with Crippen molar-refractivity contribution in [3.05, 3.63) is 48.0 Å². The zero-order valence-electron chi connectivity index (χ0n) is 20.0. The normalized spacial score (nSPS) is 22.9. The molecule has 1 aromatic rings. The van der Waals surface area contributed by atoms with Crippen molar-refractivity contribution in [2.75, 3.05) is 0 Å². The summed E-state index contributed by atoms with van der Waals surface area (Å²) >= 11 is 0. The number of unbranched alkanes of at least 4 members (excludes halogenated alkanes) is 2. The zero-order chi connectivity index (χ0) is 25.0. The predicted octanol–water partition coefficient (Wildman–Crippen LogP) is 5.94. The molecule has 2 N–H and O–H groups in total. The number of carbonyl (C=O) groups excluding carboxylic acids is 1. The van der Waals surface area contributed by atoms with E-state index in [1.54, 1.807) is 0 Å². The second-order valence-electron chi connectivity index (χ2n) is 9.23. The summed E-state index contributed by atoms with van der Waals surface area (Å²) in [6, 6.07) is 9.61. The molecule has 1 aliphatic rings. The Morgan fingerprint density at radius 1 is 1.12 bits per heavy atom. The molecule has 0 amide bonds. The number of benzene rings is 1. The topological polar surface area (TPSA) is 83.8 Å². The van der Waals surface area contributed by atoms with Gasteiger partial charge < -0.3 is 14.9 Å². The van der Waals surface area contributed by atoms with Crippen LogP contribution in [-0.4, -0.2) is 40.1 Å². The van der Waals surface area contributed by atoms with E-state index >= 15 is 0 Å². The van der Waals surface area contributed by atoms with Gasteiger partial charge in [0.05, 0.1) is 18.8 Å². The van der Waals surface area contributed by atoms with Gasteiger partial charge in [-0.2, -0.15) is 8.78 Å². The third-order valence-electron chi connectivity index (χ3n) is 6.60. The monoisotopic (exact) mass is 480 g/mol. The molecule has 0 spiro atoms. The number of ether oxygens (including phenoxy) is 1. The molecule has 0 bridgehead atoms. The van der Waals surface area contributed by atoms with Crippen LogP contribution in [0.3, 0.4) is 0 Å². The molecule has 0 unspecified atom stereocenters. The second kappa shape index (κ2) is 14.3. The van der Waals surface area contributed by atoms with Crippen LogP contribution in [0.1, 0.15) is 76.7 Å². The molecule has 7 heteroatoms. The van der Waals surface area contributed by atoms with Crippen molar-refractivity contribution in [1.82, 2.24) is 0 Å². The van der Waals surface area contributed by atoms with Crippen LogP contribution < -0.4 is 0 Å². The van der Waals surface area contributed by atoms with Gasteiger partial charge in [-0.15, -0.1) is 0 Å². The third-order valence-corrected chi connectivity index (χ3v) is 6.60. The lowest BCUT2D eigenvalue weighted by Gasteiger charge is -2.26. The quantitative estimate of drug-likeness (QED) is 0.226. The maximum atomic E-state index is 14.2. The summed E-state index contributed by atoms with van der Waals surface area (Å²) in [6.07, 6.45) is 5.52. The number of hydrogen-bond acceptors (Lipinski definition) is 4. The van der Waals surface area contributed by atoms with Gasteiger partial charge in [0.15, 0.2) is 0 Å². The van der Waals surface area contributed by atoms with Crippen LogP contribution in [-0.2, 0) is 20.9 Å². The third kappa shape index (κ3) is 9.26. The van der Waals surface area contributed by atoms with Gasteiger partial charge in [-0.3, -0.25) is 9.59 Å². The maximum absolute atomic E-state index is 14.2. The number of carboxylic acids is 1. The lowest BCUT2D eigenvalue weighted by Crippen LogP contribution is -2.31. The molecule has 0 saturated heterocycles. The maximum Gasteiger partial charge on any atom is 0.305 e. The second-order valence-corrected chi connectivity index (χ2v) is 9.23. The van der Waals surface area contributed by atoms with E-state index in [9.17, 15) is 23.5 Å². The number of aliphatic hydroxyl groups is 1. The van der Waals surface area contributed by atoms with E-state index < -0.39 is 30.2 Å². The molecule has 34 heavy (non-hydrogen) atoms. The summed E-state index contributed by atoms with van der Waals surface area (Å²) in [5.74, 6) is -5.60. The Balaban J connectivity index is 2.01. The molecule has 5 nitrogen and oxygen atoms in total. The molecule has 1 fully saturated rings. The highest BCUT2D eigenvalue weighted by Gasteiger charge is 2.44. The number of alkyl halides is 2. The fraction of sp³-hybridized carbons (Fsp3) is 0.630. The molecule has 1 saturated carbocycles. The molecule has 1 aromatic carbocycles. The first-order valence-electron chi connectivity index (χ1n) is 12.4. The number of hydrogen-bond donors (Lipinski definition) is 2.